The Balaban J connectivity index is 1.57. The highest BCUT2D eigenvalue weighted by atomic mass is 32.1. The maximum absolute atomic E-state index is 12.7. The van der Waals surface area contributed by atoms with Crippen molar-refractivity contribution >= 4 is 16.7 Å². The number of methoxy groups -OCH3 is 1. The zero-order chi connectivity index (χ0) is 18.6. The van der Waals surface area contributed by atoms with Crippen molar-refractivity contribution in [2.75, 3.05) is 31.7 Å². The highest BCUT2D eigenvalue weighted by molar-refractivity contribution is 7.09. The van der Waals surface area contributed by atoms with Crippen molar-refractivity contribution < 1.29 is 22.6 Å². The van der Waals surface area contributed by atoms with Gasteiger partial charge in [-0.3, -0.25) is 4.98 Å². The molecule has 1 saturated heterocycles. The van der Waals surface area contributed by atoms with Gasteiger partial charge in [-0.15, -0.1) is 0 Å². The number of rotatable bonds is 6. The zero-order valence-corrected chi connectivity index (χ0v) is 15.0. The first-order chi connectivity index (χ1) is 12.5. The first kappa shape index (κ1) is 18.8. The van der Waals surface area contributed by atoms with Crippen molar-refractivity contribution in [2.24, 2.45) is 5.92 Å². The number of hydrogen-bond donors (Lipinski definition) is 0. The Labute approximate surface area is 153 Å². The van der Waals surface area contributed by atoms with Gasteiger partial charge in [0.05, 0.1) is 6.61 Å². The standard InChI is InChI=1S/C16H19F3N4O2S/c1-24-10-14-21-15(26-22-14)23-6-2-3-11(8-23)9-25-12-4-5-20-13(7-12)16(17,18)19/h4-5,7,11H,2-3,6,8-10H2,1H3. The van der Waals surface area contributed by atoms with E-state index >= 15 is 0 Å². The molecule has 0 spiro atoms. The predicted molar refractivity (Wildman–Crippen MR) is 90.3 cm³/mol. The van der Waals surface area contributed by atoms with E-state index in [1.54, 1.807) is 7.11 Å². The minimum Gasteiger partial charge on any atom is -0.493 e. The highest BCUT2D eigenvalue weighted by Crippen LogP contribution is 2.30. The molecule has 26 heavy (non-hydrogen) atoms. The molecule has 2 aromatic heterocycles. The second kappa shape index (κ2) is 8.17. The molecule has 0 bridgehead atoms. The summed E-state index contributed by atoms with van der Waals surface area (Å²) in [5.74, 6) is 1.05. The van der Waals surface area contributed by atoms with Gasteiger partial charge < -0.3 is 14.4 Å². The van der Waals surface area contributed by atoms with Crippen molar-refractivity contribution in [2.45, 2.75) is 25.6 Å². The smallest absolute Gasteiger partial charge is 0.433 e. The Bertz CT molecular complexity index is 726. The Kier molecular flexibility index (Phi) is 5.92. The average Bonchev–Trinajstić information content (AvgIpc) is 3.09. The van der Waals surface area contributed by atoms with Crippen molar-refractivity contribution in [3.05, 3.63) is 29.8 Å². The van der Waals surface area contributed by atoms with E-state index in [4.69, 9.17) is 9.47 Å². The molecule has 1 aliphatic heterocycles. The number of alkyl halides is 3. The quantitative estimate of drug-likeness (QED) is 0.756. The SMILES string of the molecule is COCc1nsc(N2CCCC(COc3ccnc(C(F)(F)F)c3)C2)n1. The van der Waals surface area contributed by atoms with Crippen LogP contribution in [0.2, 0.25) is 0 Å². The van der Waals surface area contributed by atoms with Gasteiger partial charge in [-0.05, 0) is 18.9 Å². The van der Waals surface area contributed by atoms with Crippen LogP contribution in [0, 0.1) is 5.92 Å². The monoisotopic (exact) mass is 388 g/mol. The summed E-state index contributed by atoms with van der Waals surface area (Å²) in [6.45, 7) is 2.34. The lowest BCUT2D eigenvalue weighted by atomic mass is 9.99. The molecule has 6 nitrogen and oxygen atoms in total. The number of ether oxygens (including phenoxy) is 2. The van der Waals surface area contributed by atoms with Crippen LogP contribution in [0.5, 0.6) is 5.75 Å². The molecule has 142 valence electrons. The number of anilines is 1. The van der Waals surface area contributed by atoms with E-state index in [0.29, 0.717) is 19.0 Å². The van der Waals surface area contributed by atoms with Crippen LogP contribution in [0.3, 0.4) is 0 Å². The molecule has 3 rings (SSSR count). The maximum atomic E-state index is 12.7. The molecular formula is C16H19F3N4O2S. The Hall–Kier alpha value is -1.94. The lowest BCUT2D eigenvalue weighted by Crippen LogP contribution is -2.37. The summed E-state index contributed by atoms with van der Waals surface area (Å²) in [6.07, 6.45) is -1.43. The van der Waals surface area contributed by atoms with E-state index in [1.165, 1.54) is 17.6 Å². The molecule has 1 atom stereocenters. The average molecular weight is 388 g/mol. The van der Waals surface area contributed by atoms with Gasteiger partial charge in [0.15, 0.2) is 5.82 Å². The number of piperidine rings is 1. The number of aromatic nitrogens is 3. The Morgan fingerprint density at radius 1 is 1.38 bits per heavy atom. The molecule has 1 aliphatic rings. The fourth-order valence-corrected chi connectivity index (χ4v) is 3.51. The number of nitrogens with zero attached hydrogens (tertiary/aromatic N) is 4. The summed E-state index contributed by atoms with van der Waals surface area (Å²) in [5, 5.41) is 0.838. The van der Waals surface area contributed by atoms with Crippen LogP contribution in [0.25, 0.3) is 0 Å². The summed E-state index contributed by atoms with van der Waals surface area (Å²) in [6, 6.07) is 2.37. The number of halogens is 3. The van der Waals surface area contributed by atoms with E-state index in [2.05, 4.69) is 19.2 Å². The van der Waals surface area contributed by atoms with E-state index in [0.717, 1.165) is 43.3 Å². The van der Waals surface area contributed by atoms with Gasteiger partial charge in [0.25, 0.3) is 0 Å². The van der Waals surface area contributed by atoms with Crippen molar-refractivity contribution in [1.82, 2.24) is 14.3 Å². The van der Waals surface area contributed by atoms with Gasteiger partial charge in [-0.2, -0.15) is 17.5 Å². The lowest BCUT2D eigenvalue weighted by molar-refractivity contribution is -0.141. The van der Waals surface area contributed by atoms with Crippen LogP contribution in [0.1, 0.15) is 24.4 Å². The normalized spacial score (nSPS) is 18.2. The van der Waals surface area contributed by atoms with E-state index in [1.807, 2.05) is 0 Å². The zero-order valence-electron chi connectivity index (χ0n) is 14.2. The third-order valence-electron chi connectivity index (χ3n) is 4.03. The number of hydrogen-bond acceptors (Lipinski definition) is 7. The van der Waals surface area contributed by atoms with Crippen molar-refractivity contribution in [1.29, 1.82) is 0 Å². The van der Waals surface area contributed by atoms with Crippen LogP contribution in [-0.2, 0) is 17.5 Å². The van der Waals surface area contributed by atoms with Crippen LogP contribution >= 0.6 is 11.5 Å². The Morgan fingerprint density at radius 2 is 2.23 bits per heavy atom. The van der Waals surface area contributed by atoms with Crippen LogP contribution in [-0.4, -0.2) is 41.1 Å². The number of pyridine rings is 1. The summed E-state index contributed by atoms with van der Waals surface area (Å²) in [4.78, 5) is 9.93. The molecule has 2 aromatic rings. The molecule has 1 fully saturated rings. The highest BCUT2D eigenvalue weighted by Gasteiger charge is 2.32. The van der Waals surface area contributed by atoms with Crippen molar-refractivity contribution in [3.63, 3.8) is 0 Å². The van der Waals surface area contributed by atoms with Crippen molar-refractivity contribution in [3.8, 4) is 5.75 Å². The van der Waals surface area contributed by atoms with E-state index < -0.39 is 11.9 Å². The molecule has 0 amide bonds. The van der Waals surface area contributed by atoms with Gasteiger partial charge in [0.1, 0.15) is 18.1 Å². The summed E-state index contributed by atoms with van der Waals surface area (Å²) >= 11 is 1.33. The molecule has 0 saturated carbocycles. The lowest BCUT2D eigenvalue weighted by Gasteiger charge is -2.32. The molecule has 1 unspecified atom stereocenters. The van der Waals surface area contributed by atoms with E-state index in [9.17, 15) is 13.2 Å². The molecule has 10 heteroatoms. The molecule has 3 heterocycles. The van der Waals surface area contributed by atoms with Gasteiger partial charge in [-0.1, -0.05) is 0 Å². The van der Waals surface area contributed by atoms with Crippen LogP contribution in [0.4, 0.5) is 18.3 Å². The van der Waals surface area contributed by atoms with Gasteiger partial charge in [-0.25, -0.2) is 4.98 Å². The third kappa shape index (κ3) is 4.82. The second-order valence-electron chi connectivity index (χ2n) is 6.07. The molecular weight excluding hydrogens is 369 g/mol. The maximum Gasteiger partial charge on any atom is 0.433 e. The van der Waals surface area contributed by atoms with Gasteiger partial charge in [0, 0.05) is 49.9 Å². The third-order valence-corrected chi connectivity index (χ3v) is 4.84. The van der Waals surface area contributed by atoms with Crippen LogP contribution in [0.15, 0.2) is 18.3 Å². The second-order valence-corrected chi connectivity index (χ2v) is 6.80. The fourth-order valence-electron chi connectivity index (χ4n) is 2.81. The van der Waals surface area contributed by atoms with E-state index in [-0.39, 0.29) is 11.7 Å². The summed E-state index contributed by atoms with van der Waals surface area (Å²) in [7, 11) is 1.60. The topological polar surface area (TPSA) is 60.4 Å². The fraction of sp³-hybridized carbons (Fsp3) is 0.562. The minimum atomic E-state index is -4.47. The summed E-state index contributed by atoms with van der Waals surface area (Å²) < 4.78 is 53.0. The largest absolute Gasteiger partial charge is 0.493 e. The molecule has 0 aromatic carbocycles. The van der Waals surface area contributed by atoms with Crippen LogP contribution < -0.4 is 9.64 Å². The minimum absolute atomic E-state index is 0.183. The predicted octanol–water partition coefficient (Wildman–Crippen LogP) is 3.39. The Morgan fingerprint density at radius 3 is 3.00 bits per heavy atom. The molecule has 0 radical (unpaired) electrons. The first-order valence-electron chi connectivity index (χ1n) is 8.18. The molecule has 0 N–H and O–H groups in total. The van der Waals surface area contributed by atoms with Gasteiger partial charge in [0.2, 0.25) is 5.13 Å². The summed E-state index contributed by atoms with van der Waals surface area (Å²) in [5.41, 5.74) is -0.945. The first-order valence-corrected chi connectivity index (χ1v) is 8.95. The van der Waals surface area contributed by atoms with Gasteiger partial charge >= 0.3 is 6.18 Å². The molecule has 0 aliphatic carbocycles.